The minimum atomic E-state index is -2.93. The van der Waals surface area contributed by atoms with Crippen molar-refractivity contribution in [3.63, 3.8) is 0 Å². The summed E-state index contributed by atoms with van der Waals surface area (Å²) in [5, 5.41) is 4.56. The molecule has 8 heteroatoms. The molecule has 5 nitrogen and oxygen atoms in total. The third-order valence-corrected chi connectivity index (χ3v) is 4.42. The lowest BCUT2D eigenvalue weighted by Gasteiger charge is -2.23. The Balaban J connectivity index is 1.75. The molecule has 1 aromatic heterocycles. The number of alkyl halides is 2. The van der Waals surface area contributed by atoms with Crippen molar-refractivity contribution >= 4 is 11.6 Å². The second-order valence-corrected chi connectivity index (χ2v) is 6.47. The summed E-state index contributed by atoms with van der Waals surface area (Å²) in [6, 6.07) is 14.0. The Hall–Kier alpha value is -2.51. The molecule has 3 aromatic rings. The minimum absolute atomic E-state index is 0.000463. The van der Waals surface area contributed by atoms with Gasteiger partial charge in [-0.05, 0) is 43.8 Å². The molecule has 0 N–H and O–H groups in total. The van der Waals surface area contributed by atoms with Crippen molar-refractivity contribution in [1.29, 1.82) is 0 Å². The van der Waals surface area contributed by atoms with Gasteiger partial charge in [0.1, 0.15) is 5.75 Å². The van der Waals surface area contributed by atoms with Crippen LogP contribution in [0, 0.1) is 0 Å². The predicted molar refractivity (Wildman–Crippen MR) is 97.7 cm³/mol. The average molecular weight is 394 g/mol. The van der Waals surface area contributed by atoms with Gasteiger partial charge in [0.15, 0.2) is 0 Å². The van der Waals surface area contributed by atoms with Gasteiger partial charge in [0.25, 0.3) is 0 Å². The molecule has 27 heavy (non-hydrogen) atoms. The Bertz CT molecular complexity index is 904. The van der Waals surface area contributed by atoms with Crippen molar-refractivity contribution < 1.29 is 18.0 Å². The highest BCUT2D eigenvalue weighted by Crippen LogP contribution is 2.29. The molecule has 0 saturated heterocycles. The number of benzene rings is 2. The van der Waals surface area contributed by atoms with Gasteiger partial charge in [-0.3, -0.25) is 4.90 Å². The number of ether oxygens (including phenoxy) is 1. The van der Waals surface area contributed by atoms with Gasteiger partial charge in [0.05, 0.1) is 12.1 Å². The van der Waals surface area contributed by atoms with Crippen molar-refractivity contribution in [3.8, 4) is 17.1 Å². The number of halogens is 3. The average Bonchev–Trinajstić information content (AvgIpc) is 3.09. The summed E-state index contributed by atoms with van der Waals surface area (Å²) < 4.78 is 34.9. The fourth-order valence-corrected chi connectivity index (χ4v) is 2.85. The molecule has 0 aliphatic heterocycles. The number of rotatable bonds is 7. The minimum Gasteiger partial charge on any atom is -0.434 e. The lowest BCUT2D eigenvalue weighted by atomic mass is 10.1. The van der Waals surface area contributed by atoms with Crippen LogP contribution in [0.5, 0.6) is 5.75 Å². The SMILES string of the molecule is CC(c1cccc(Cl)c1)N(C)Cc1nc(-c2ccccc2OC(F)F)no1. The fourth-order valence-electron chi connectivity index (χ4n) is 2.65. The molecule has 3 rings (SSSR count). The summed E-state index contributed by atoms with van der Waals surface area (Å²) in [6.07, 6.45) is 0. The Morgan fingerprint density at radius 3 is 2.70 bits per heavy atom. The monoisotopic (exact) mass is 393 g/mol. The second kappa shape index (κ2) is 8.45. The summed E-state index contributed by atoms with van der Waals surface area (Å²) in [7, 11) is 1.92. The molecule has 1 atom stereocenters. The van der Waals surface area contributed by atoms with Gasteiger partial charge in [-0.1, -0.05) is 41.0 Å². The molecule has 0 aliphatic rings. The fraction of sp³-hybridized carbons (Fsp3) is 0.263. The number of aromatic nitrogens is 2. The highest BCUT2D eigenvalue weighted by Gasteiger charge is 2.19. The summed E-state index contributed by atoms with van der Waals surface area (Å²) in [5.74, 6) is 0.568. The van der Waals surface area contributed by atoms with Crippen LogP contribution in [0.15, 0.2) is 53.1 Å². The third kappa shape index (κ3) is 4.81. The van der Waals surface area contributed by atoms with E-state index in [2.05, 4.69) is 14.9 Å². The molecule has 142 valence electrons. The van der Waals surface area contributed by atoms with Crippen LogP contribution in [0.4, 0.5) is 8.78 Å². The first kappa shape index (κ1) is 19.3. The zero-order chi connectivity index (χ0) is 19.4. The molecule has 0 radical (unpaired) electrons. The van der Waals surface area contributed by atoms with Gasteiger partial charge in [-0.15, -0.1) is 0 Å². The molecule has 2 aromatic carbocycles. The van der Waals surface area contributed by atoms with E-state index in [0.717, 1.165) is 5.56 Å². The molecule has 0 spiro atoms. The maximum Gasteiger partial charge on any atom is 0.387 e. The van der Waals surface area contributed by atoms with E-state index in [9.17, 15) is 8.78 Å². The largest absolute Gasteiger partial charge is 0.434 e. The molecule has 0 amide bonds. The van der Waals surface area contributed by atoms with E-state index < -0.39 is 6.61 Å². The Morgan fingerprint density at radius 1 is 1.19 bits per heavy atom. The molecule has 0 aliphatic carbocycles. The second-order valence-electron chi connectivity index (χ2n) is 6.03. The van der Waals surface area contributed by atoms with Crippen molar-refractivity contribution in [3.05, 3.63) is 65.0 Å². The van der Waals surface area contributed by atoms with Gasteiger partial charge < -0.3 is 9.26 Å². The predicted octanol–water partition coefficient (Wildman–Crippen LogP) is 5.18. The third-order valence-electron chi connectivity index (χ3n) is 4.19. The normalized spacial score (nSPS) is 12.6. The van der Waals surface area contributed by atoms with Crippen molar-refractivity contribution in [2.45, 2.75) is 26.1 Å². The van der Waals surface area contributed by atoms with Crippen LogP contribution in [0.3, 0.4) is 0 Å². The van der Waals surface area contributed by atoms with E-state index in [1.165, 1.54) is 6.07 Å². The summed E-state index contributed by atoms with van der Waals surface area (Å²) in [5.41, 5.74) is 1.40. The zero-order valence-electron chi connectivity index (χ0n) is 14.8. The van der Waals surface area contributed by atoms with Crippen LogP contribution in [-0.4, -0.2) is 28.7 Å². The summed E-state index contributed by atoms with van der Waals surface area (Å²) in [6.45, 7) is -0.505. The zero-order valence-corrected chi connectivity index (χ0v) is 15.5. The number of hydrogen-bond acceptors (Lipinski definition) is 5. The molecule has 0 fully saturated rings. The van der Waals surface area contributed by atoms with Crippen LogP contribution in [0.2, 0.25) is 5.02 Å². The van der Waals surface area contributed by atoms with Gasteiger partial charge in [-0.2, -0.15) is 13.8 Å². The topological polar surface area (TPSA) is 51.4 Å². The molecule has 0 saturated carbocycles. The Morgan fingerprint density at radius 2 is 1.96 bits per heavy atom. The standard InChI is InChI=1S/C19H18ClF2N3O2/c1-12(13-6-5-7-14(20)10-13)25(2)11-17-23-18(24-27-17)15-8-3-4-9-16(15)26-19(21)22/h3-10,12,19H,11H2,1-2H3. The Labute approximate surface area is 160 Å². The van der Waals surface area contributed by atoms with E-state index in [1.54, 1.807) is 18.2 Å². The molecule has 0 bridgehead atoms. The first-order valence-electron chi connectivity index (χ1n) is 8.26. The van der Waals surface area contributed by atoms with Crippen LogP contribution in [-0.2, 0) is 6.54 Å². The lowest BCUT2D eigenvalue weighted by molar-refractivity contribution is -0.0494. The molecule has 1 unspecified atom stereocenters. The van der Waals surface area contributed by atoms with E-state index in [-0.39, 0.29) is 17.6 Å². The van der Waals surface area contributed by atoms with E-state index in [1.807, 2.05) is 43.1 Å². The maximum atomic E-state index is 12.6. The first-order chi connectivity index (χ1) is 12.9. The summed E-state index contributed by atoms with van der Waals surface area (Å²) in [4.78, 5) is 6.33. The van der Waals surface area contributed by atoms with Crippen LogP contribution in [0.25, 0.3) is 11.4 Å². The lowest BCUT2D eigenvalue weighted by Crippen LogP contribution is -2.22. The van der Waals surface area contributed by atoms with Crippen LogP contribution in [0.1, 0.15) is 24.4 Å². The maximum absolute atomic E-state index is 12.6. The highest BCUT2D eigenvalue weighted by atomic mass is 35.5. The molecular weight excluding hydrogens is 376 g/mol. The van der Waals surface area contributed by atoms with Gasteiger partial charge in [0, 0.05) is 11.1 Å². The smallest absolute Gasteiger partial charge is 0.387 e. The van der Waals surface area contributed by atoms with Crippen LogP contribution < -0.4 is 4.74 Å². The number of hydrogen-bond donors (Lipinski definition) is 0. The first-order valence-corrected chi connectivity index (χ1v) is 8.64. The van der Waals surface area contributed by atoms with Gasteiger partial charge in [-0.25, -0.2) is 0 Å². The van der Waals surface area contributed by atoms with E-state index >= 15 is 0 Å². The van der Waals surface area contributed by atoms with Crippen molar-refractivity contribution in [2.75, 3.05) is 7.05 Å². The number of para-hydroxylation sites is 1. The highest BCUT2D eigenvalue weighted by molar-refractivity contribution is 6.30. The van der Waals surface area contributed by atoms with Crippen LogP contribution >= 0.6 is 11.6 Å². The van der Waals surface area contributed by atoms with E-state index in [4.69, 9.17) is 16.1 Å². The summed E-state index contributed by atoms with van der Waals surface area (Å²) >= 11 is 6.05. The quantitative estimate of drug-likeness (QED) is 0.553. The van der Waals surface area contributed by atoms with Gasteiger partial charge in [0.2, 0.25) is 11.7 Å². The Kier molecular flexibility index (Phi) is 6.03. The molecular formula is C19H18ClF2N3O2. The molecule has 1 heterocycles. The van der Waals surface area contributed by atoms with Gasteiger partial charge >= 0.3 is 6.61 Å². The van der Waals surface area contributed by atoms with Crippen molar-refractivity contribution in [2.24, 2.45) is 0 Å². The number of nitrogens with zero attached hydrogens (tertiary/aromatic N) is 3. The van der Waals surface area contributed by atoms with Crippen molar-refractivity contribution in [1.82, 2.24) is 15.0 Å². The van der Waals surface area contributed by atoms with E-state index in [0.29, 0.717) is 23.0 Å².